The zero-order chi connectivity index (χ0) is 22.8. The second kappa shape index (κ2) is 45.2. The number of nitrogens with zero attached hydrogens (tertiary/aromatic N) is 3. The third-order valence-corrected chi connectivity index (χ3v) is 3.13. The third kappa shape index (κ3) is 41.7. The van der Waals surface area contributed by atoms with Crippen LogP contribution in [0.25, 0.3) is 0 Å². The van der Waals surface area contributed by atoms with E-state index < -0.39 is 0 Å². The van der Waals surface area contributed by atoms with Gasteiger partial charge in [-0.25, -0.2) is 4.37 Å². The first kappa shape index (κ1) is 34.8. The molecular formula is C23H43N3OS2. The molecule has 0 bridgehead atoms. The van der Waals surface area contributed by atoms with E-state index in [1.165, 1.54) is 24.4 Å². The van der Waals surface area contributed by atoms with Crippen LogP contribution in [0.5, 0.6) is 0 Å². The predicted octanol–water partition coefficient (Wildman–Crippen LogP) is 8.27. The molecule has 4 nitrogen and oxygen atoms in total. The van der Waals surface area contributed by atoms with Gasteiger partial charge in [-0.1, -0.05) is 61.5 Å². The van der Waals surface area contributed by atoms with Crippen LogP contribution >= 0.6 is 22.9 Å². The normalized spacial score (nSPS) is 9.38. The summed E-state index contributed by atoms with van der Waals surface area (Å²) in [5.74, 6) is 0. The molecule has 1 aliphatic heterocycles. The molecule has 3 aromatic heterocycles. The van der Waals surface area contributed by atoms with Gasteiger partial charge in [-0.3, -0.25) is 9.97 Å². The minimum atomic E-state index is 1.00. The first-order valence-electron chi connectivity index (χ1n) is 10.6. The van der Waals surface area contributed by atoms with Crippen molar-refractivity contribution < 1.29 is 4.74 Å². The molecule has 0 amide bonds. The van der Waals surface area contributed by atoms with E-state index in [-0.39, 0.29) is 0 Å². The summed E-state index contributed by atoms with van der Waals surface area (Å²) in [4.78, 5) is 7.53. The molecular weight excluding hydrogens is 398 g/mol. The molecule has 6 heteroatoms. The van der Waals surface area contributed by atoms with Crippen LogP contribution in [0.15, 0.2) is 65.3 Å². The van der Waals surface area contributed by atoms with Crippen molar-refractivity contribution in [3.05, 3.63) is 65.3 Å². The van der Waals surface area contributed by atoms with Gasteiger partial charge in [0, 0.05) is 48.8 Å². The molecule has 0 spiro atoms. The van der Waals surface area contributed by atoms with Gasteiger partial charge < -0.3 is 4.74 Å². The van der Waals surface area contributed by atoms with Crippen LogP contribution in [0, 0.1) is 0 Å². The maximum atomic E-state index is 4.94. The lowest BCUT2D eigenvalue weighted by Gasteiger charge is -1.76. The standard InChI is InChI=1S/C5H5N.C4H8O.2C3H3NS.4C2H6/c1-2-4-6-5-3-1;1-2-4-5-3-1;1-2-5-3-4-1;1-2-4-5-3-1;4*1-2/h1-5H;1-4H2;2*1-3H;4*1-2H3. The molecule has 1 fully saturated rings. The highest BCUT2D eigenvalue weighted by molar-refractivity contribution is 7.07. The van der Waals surface area contributed by atoms with Crippen molar-refractivity contribution in [2.45, 2.75) is 68.2 Å². The Labute approximate surface area is 188 Å². The molecule has 1 aliphatic rings. The Morgan fingerprint density at radius 2 is 1.21 bits per heavy atom. The molecule has 29 heavy (non-hydrogen) atoms. The lowest BCUT2D eigenvalue weighted by molar-refractivity contribution is 0.198. The third-order valence-electron chi connectivity index (χ3n) is 2.09. The fourth-order valence-corrected chi connectivity index (χ4v) is 1.88. The summed E-state index contributed by atoms with van der Waals surface area (Å²) in [6.07, 6.45) is 9.59. The summed E-state index contributed by atoms with van der Waals surface area (Å²) >= 11 is 3.06. The number of aromatic nitrogens is 3. The molecule has 0 saturated carbocycles. The molecule has 0 radical (unpaired) electrons. The quantitative estimate of drug-likeness (QED) is 0.352. The Morgan fingerprint density at radius 1 is 0.621 bits per heavy atom. The number of rotatable bonds is 0. The van der Waals surface area contributed by atoms with Gasteiger partial charge in [-0.05, 0) is 42.6 Å². The van der Waals surface area contributed by atoms with Gasteiger partial charge >= 0.3 is 0 Å². The maximum absolute atomic E-state index is 4.94. The zero-order valence-electron chi connectivity index (χ0n) is 19.7. The van der Waals surface area contributed by atoms with Gasteiger partial charge in [0.1, 0.15) is 0 Å². The molecule has 0 N–H and O–H groups in total. The van der Waals surface area contributed by atoms with E-state index in [0.717, 1.165) is 13.2 Å². The number of hydrogen-bond acceptors (Lipinski definition) is 6. The highest BCUT2D eigenvalue weighted by Crippen LogP contribution is 1.98. The first-order chi connectivity index (χ1) is 14.5. The number of thiazole rings is 1. The highest BCUT2D eigenvalue weighted by Gasteiger charge is 1.94. The topological polar surface area (TPSA) is 47.9 Å². The average molecular weight is 442 g/mol. The van der Waals surface area contributed by atoms with Crippen molar-refractivity contribution in [2.24, 2.45) is 0 Å². The van der Waals surface area contributed by atoms with Gasteiger partial charge in [0.2, 0.25) is 0 Å². The van der Waals surface area contributed by atoms with E-state index in [0.29, 0.717) is 0 Å². The summed E-state index contributed by atoms with van der Waals surface area (Å²) < 4.78 is 8.71. The van der Waals surface area contributed by atoms with Gasteiger partial charge in [-0.2, -0.15) is 0 Å². The molecule has 4 rings (SSSR count). The molecule has 1 saturated heterocycles. The van der Waals surface area contributed by atoms with Crippen molar-refractivity contribution in [3.8, 4) is 0 Å². The van der Waals surface area contributed by atoms with Crippen LogP contribution in [0.2, 0.25) is 0 Å². The number of hydrogen-bond donors (Lipinski definition) is 0. The first-order valence-corrected chi connectivity index (χ1v) is 12.4. The van der Waals surface area contributed by atoms with Crippen molar-refractivity contribution in [3.63, 3.8) is 0 Å². The van der Waals surface area contributed by atoms with Crippen LogP contribution < -0.4 is 0 Å². The summed E-state index contributed by atoms with van der Waals surface area (Å²) in [7, 11) is 0. The SMILES string of the molecule is C1CCOC1.CC.CC.CC.CC.c1ccncc1.c1cnsc1.c1cscn1. The Kier molecular flexibility index (Phi) is 54.4. The van der Waals surface area contributed by atoms with Gasteiger partial charge in [0.25, 0.3) is 0 Å². The Hall–Kier alpha value is -1.63. The Balaban J connectivity index is -0.000000129. The van der Waals surface area contributed by atoms with Crippen molar-refractivity contribution in [1.29, 1.82) is 0 Å². The van der Waals surface area contributed by atoms with E-state index in [1.807, 2.05) is 90.4 Å². The summed E-state index contributed by atoms with van der Waals surface area (Å²) in [6, 6.07) is 7.62. The molecule has 0 atom stereocenters. The molecule has 168 valence electrons. The molecule has 0 aliphatic carbocycles. The minimum absolute atomic E-state index is 1.00. The van der Waals surface area contributed by atoms with Crippen LogP contribution in [0.4, 0.5) is 0 Å². The lowest BCUT2D eigenvalue weighted by Crippen LogP contribution is -1.74. The van der Waals surface area contributed by atoms with Crippen LogP contribution in [-0.4, -0.2) is 27.6 Å². The van der Waals surface area contributed by atoms with Gasteiger partial charge in [0.05, 0.1) is 5.51 Å². The Morgan fingerprint density at radius 3 is 1.34 bits per heavy atom. The van der Waals surface area contributed by atoms with Crippen molar-refractivity contribution in [1.82, 2.24) is 14.3 Å². The summed E-state index contributed by atoms with van der Waals surface area (Å²) in [5.41, 5.74) is 1.79. The average Bonchev–Trinajstić information content (AvgIpc) is 3.67. The minimum Gasteiger partial charge on any atom is -0.381 e. The second-order valence-electron chi connectivity index (χ2n) is 3.71. The van der Waals surface area contributed by atoms with Gasteiger partial charge in [0.15, 0.2) is 0 Å². The fourth-order valence-electron chi connectivity index (χ4n) is 1.17. The van der Waals surface area contributed by atoms with Crippen LogP contribution in [0.1, 0.15) is 68.2 Å². The Bertz CT molecular complexity index is 379. The molecule has 4 heterocycles. The smallest absolute Gasteiger partial charge is 0.0791 e. The predicted molar refractivity (Wildman–Crippen MR) is 134 cm³/mol. The van der Waals surface area contributed by atoms with Crippen molar-refractivity contribution >= 4 is 22.9 Å². The van der Waals surface area contributed by atoms with E-state index >= 15 is 0 Å². The zero-order valence-corrected chi connectivity index (χ0v) is 21.4. The second-order valence-corrected chi connectivity index (χ2v) is 5.16. The van der Waals surface area contributed by atoms with E-state index in [1.54, 1.807) is 41.6 Å². The van der Waals surface area contributed by atoms with E-state index in [9.17, 15) is 0 Å². The highest BCUT2D eigenvalue weighted by atomic mass is 32.1. The van der Waals surface area contributed by atoms with E-state index in [2.05, 4.69) is 14.3 Å². The van der Waals surface area contributed by atoms with E-state index in [4.69, 9.17) is 4.74 Å². The monoisotopic (exact) mass is 441 g/mol. The molecule has 3 aromatic rings. The number of pyridine rings is 1. The van der Waals surface area contributed by atoms with Crippen LogP contribution in [-0.2, 0) is 4.74 Å². The lowest BCUT2D eigenvalue weighted by atomic mass is 10.4. The van der Waals surface area contributed by atoms with Crippen molar-refractivity contribution in [2.75, 3.05) is 13.2 Å². The molecule has 0 aromatic carbocycles. The largest absolute Gasteiger partial charge is 0.381 e. The number of ether oxygens (including phenoxy) is 1. The summed E-state index contributed by atoms with van der Waals surface area (Å²) in [6.45, 7) is 18.0. The van der Waals surface area contributed by atoms with Gasteiger partial charge in [-0.15, -0.1) is 11.3 Å². The fraction of sp³-hybridized carbons (Fsp3) is 0.522. The summed E-state index contributed by atoms with van der Waals surface area (Å²) in [5, 5.41) is 3.86. The molecule has 0 unspecified atom stereocenters. The van der Waals surface area contributed by atoms with Crippen LogP contribution in [0.3, 0.4) is 0 Å². The maximum Gasteiger partial charge on any atom is 0.0791 e.